The van der Waals surface area contributed by atoms with Crippen LogP contribution in [0.4, 0.5) is 21.5 Å². The van der Waals surface area contributed by atoms with Gasteiger partial charge in [-0.25, -0.2) is 4.39 Å². The van der Waals surface area contributed by atoms with E-state index < -0.39 is 0 Å². The topological polar surface area (TPSA) is 38.0 Å². The summed E-state index contributed by atoms with van der Waals surface area (Å²) < 4.78 is 13.7. The van der Waals surface area contributed by atoms with Crippen molar-refractivity contribution >= 4 is 33.0 Å². The molecule has 0 heterocycles. The summed E-state index contributed by atoms with van der Waals surface area (Å²) >= 11 is 3.17. The van der Waals surface area contributed by atoms with Crippen molar-refractivity contribution in [3.8, 4) is 0 Å². The molecular weight excluding hydrogens is 307 g/mol. The molecule has 19 heavy (non-hydrogen) atoms. The van der Waals surface area contributed by atoms with E-state index in [0.29, 0.717) is 15.8 Å². The average Bonchev–Trinajstić information content (AvgIpc) is 2.83. The highest BCUT2D eigenvalue weighted by Gasteiger charge is 2.12. The van der Waals surface area contributed by atoms with Crippen LogP contribution in [0.25, 0.3) is 0 Å². The molecule has 0 bridgehead atoms. The van der Waals surface area contributed by atoms with Crippen molar-refractivity contribution in [2.75, 3.05) is 11.1 Å². The molecule has 2 aromatic rings. The number of aryl methyl sites for hydroxylation is 2. The fourth-order valence-electron chi connectivity index (χ4n) is 2.48. The molecule has 0 radical (unpaired) electrons. The second-order valence-electron chi connectivity index (χ2n) is 4.82. The number of anilines is 3. The van der Waals surface area contributed by atoms with Crippen molar-refractivity contribution < 1.29 is 4.39 Å². The second-order valence-corrected chi connectivity index (χ2v) is 5.67. The molecule has 0 aliphatic heterocycles. The Morgan fingerprint density at radius 2 is 1.89 bits per heavy atom. The molecule has 2 aromatic carbocycles. The number of nitrogens with two attached hydrogens (primary N) is 1. The van der Waals surface area contributed by atoms with Crippen molar-refractivity contribution in [3.05, 3.63) is 51.7 Å². The van der Waals surface area contributed by atoms with E-state index in [4.69, 9.17) is 5.73 Å². The highest BCUT2D eigenvalue weighted by atomic mass is 79.9. The minimum atomic E-state index is -0.350. The zero-order valence-corrected chi connectivity index (χ0v) is 11.9. The molecule has 0 saturated heterocycles. The first-order valence-corrected chi connectivity index (χ1v) is 7.06. The van der Waals surface area contributed by atoms with Gasteiger partial charge in [-0.3, -0.25) is 0 Å². The van der Waals surface area contributed by atoms with E-state index in [1.54, 1.807) is 6.07 Å². The smallest absolute Gasteiger partial charge is 0.139 e. The summed E-state index contributed by atoms with van der Waals surface area (Å²) in [5.74, 6) is -0.350. The molecule has 0 atom stereocenters. The number of hydrogen-bond acceptors (Lipinski definition) is 2. The van der Waals surface area contributed by atoms with E-state index in [0.717, 1.165) is 12.1 Å². The molecule has 1 aliphatic rings. The summed E-state index contributed by atoms with van der Waals surface area (Å²) in [6.07, 6.45) is 3.52. The number of rotatable bonds is 2. The molecule has 3 rings (SSSR count). The van der Waals surface area contributed by atoms with Gasteiger partial charge in [0.05, 0.1) is 15.8 Å². The fraction of sp³-hybridized carbons (Fsp3) is 0.200. The number of nitrogens with one attached hydrogen (secondary N) is 1. The van der Waals surface area contributed by atoms with Crippen LogP contribution in [0.2, 0.25) is 0 Å². The lowest BCUT2D eigenvalue weighted by atomic mass is 10.1. The number of halogens is 2. The summed E-state index contributed by atoms with van der Waals surface area (Å²) in [5.41, 5.74) is 10.8. The van der Waals surface area contributed by atoms with Gasteiger partial charge in [0.15, 0.2) is 0 Å². The lowest BCUT2D eigenvalue weighted by Gasteiger charge is -2.11. The van der Waals surface area contributed by atoms with Crippen LogP contribution < -0.4 is 11.1 Å². The highest BCUT2D eigenvalue weighted by molar-refractivity contribution is 9.10. The zero-order chi connectivity index (χ0) is 13.4. The van der Waals surface area contributed by atoms with Crippen molar-refractivity contribution in [2.24, 2.45) is 0 Å². The molecule has 0 unspecified atom stereocenters. The van der Waals surface area contributed by atoms with Crippen LogP contribution in [0.5, 0.6) is 0 Å². The average molecular weight is 321 g/mol. The first-order chi connectivity index (χ1) is 9.13. The first-order valence-electron chi connectivity index (χ1n) is 6.27. The van der Waals surface area contributed by atoms with Gasteiger partial charge in [0.25, 0.3) is 0 Å². The zero-order valence-electron chi connectivity index (χ0n) is 10.3. The number of benzene rings is 2. The molecule has 4 heteroatoms. The summed E-state index contributed by atoms with van der Waals surface area (Å²) in [4.78, 5) is 0. The molecule has 3 N–H and O–H groups in total. The third-order valence-electron chi connectivity index (χ3n) is 3.47. The third kappa shape index (κ3) is 2.45. The lowest BCUT2D eigenvalue weighted by molar-refractivity contribution is 0.622. The van der Waals surface area contributed by atoms with Gasteiger partial charge in [-0.15, -0.1) is 0 Å². The van der Waals surface area contributed by atoms with E-state index in [9.17, 15) is 4.39 Å². The van der Waals surface area contributed by atoms with E-state index in [1.807, 2.05) is 6.07 Å². The Balaban J connectivity index is 1.91. The molecule has 0 aromatic heterocycles. The van der Waals surface area contributed by atoms with Crippen LogP contribution >= 0.6 is 15.9 Å². The summed E-state index contributed by atoms with van der Waals surface area (Å²) in [7, 11) is 0. The number of nitrogen functional groups attached to an aromatic ring is 1. The predicted octanol–water partition coefficient (Wildman–Crippen LogP) is 4.40. The summed E-state index contributed by atoms with van der Waals surface area (Å²) in [5, 5.41) is 3.25. The van der Waals surface area contributed by atoms with Crippen molar-refractivity contribution in [2.45, 2.75) is 19.3 Å². The van der Waals surface area contributed by atoms with Gasteiger partial charge in [-0.2, -0.15) is 0 Å². The standard InChI is InChI=1S/C15H14BrFN2/c16-12-7-15(14(18)8-13(12)17)19-11-5-4-9-2-1-3-10(9)6-11/h4-8,19H,1-3,18H2. The Morgan fingerprint density at radius 3 is 2.74 bits per heavy atom. The Kier molecular flexibility index (Phi) is 3.19. The van der Waals surface area contributed by atoms with E-state index in [1.165, 1.54) is 30.0 Å². The fourth-order valence-corrected chi connectivity index (χ4v) is 2.82. The minimum Gasteiger partial charge on any atom is -0.397 e. The Morgan fingerprint density at radius 1 is 1.11 bits per heavy atom. The molecule has 0 amide bonds. The van der Waals surface area contributed by atoms with Crippen molar-refractivity contribution in [1.82, 2.24) is 0 Å². The maximum absolute atomic E-state index is 13.3. The summed E-state index contributed by atoms with van der Waals surface area (Å²) in [6.45, 7) is 0. The van der Waals surface area contributed by atoms with Gasteiger partial charge in [-0.1, -0.05) is 6.07 Å². The van der Waals surface area contributed by atoms with Gasteiger partial charge in [0.1, 0.15) is 5.82 Å². The number of hydrogen-bond donors (Lipinski definition) is 2. The Bertz CT molecular complexity index is 640. The predicted molar refractivity (Wildman–Crippen MR) is 80.3 cm³/mol. The van der Waals surface area contributed by atoms with Crippen molar-refractivity contribution in [1.29, 1.82) is 0 Å². The Hall–Kier alpha value is -1.55. The van der Waals surface area contributed by atoms with Crippen LogP contribution in [-0.4, -0.2) is 0 Å². The largest absolute Gasteiger partial charge is 0.397 e. The lowest BCUT2D eigenvalue weighted by Crippen LogP contribution is -1.98. The van der Waals surface area contributed by atoms with Crippen LogP contribution in [0, 0.1) is 5.82 Å². The van der Waals surface area contributed by atoms with Gasteiger partial charge in [-0.05, 0) is 64.5 Å². The quantitative estimate of drug-likeness (QED) is 0.805. The SMILES string of the molecule is Nc1cc(F)c(Br)cc1Nc1ccc2c(c1)CCC2. The molecule has 98 valence electrons. The maximum atomic E-state index is 13.3. The monoisotopic (exact) mass is 320 g/mol. The van der Waals surface area contributed by atoms with Crippen LogP contribution in [0.15, 0.2) is 34.8 Å². The first kappa shape index (κ1) is 12.5. The van der Waals surface area contributed by atoms with Gasteiger partial charge in [0, 0.05) is 11.8 Å². The van der Waals surface area contributed by atoms with E-state index >= 15 is 0 Å². The highest BCUT2D eigenvalue weighted by Crippen LogP contribution is 2.31. The minimum absolute atomic E-state index is 0.350. The van der Waals surface area contributed by atoms with Gasteiger partial charge in [0.2, 0.25) is 0 Å². The van der Waals surface area contributed by atoms with Gasteiger partial charge >= 0.3 is 0 Å². The molecule has 2 nitrogen and oxygen atoms in total. The summed E-state index contributed by atoms with van der Waals surface area (Å²) in [6, 6.07) is 9.33. The maximum Gasteiger partial charge on any atom is 0.139 e. The van der Waals surface area contributed by atoms with E-state index in [2.05, 4.69) is 33.4 Å². The van der Waals surface area contributed by atoms with E-state index in [-0.39, 0.29) is 5.82 Å². The third-order valence-corrected chi connectivity index (χ3v) is 4.08. The van der Waals surface area contributed by atoms with Crippen LogP contribution in [0.1, 0.15) is 17.5 Å². The van der Waals surface area contributed by atoms with Crippen LogP contribution in [0.3, 0.4) is 0 Å². The Labute approximate surface area is 120 Å². The molecule has 0 saturated carbocycles. The number of fused-ring (bicyclic) bond motifs is 1. The second kappa shape index (κ2) is 4.85. The normalized spacial score (nSPS) is 13.4. The van der Waals surface area contributed by atoms with Crippen molar-refractivity contribution in [3.63, 3.8) is 0 Å². The molecule has 0 spiro atoms. The molecule has 0 fully saturated rings. The molecular formula is C15H14BrFN2. The van der Waals surface area contributed by atoms with Crippen LogP contribution in [-0.2, 0) is 12.8 Å². The molecule has 1 aliphatic carbocycles. The van der Waals surface area contributed by atoms with Gasteiger partial charge < -0.3 is 11.1 Å².